The van der Waals surface area contributed by atoms with Gasteiger partial charge in [0.25, 0.3) is 0 Å². The van der Waals surface area contributed by atoms with Crippen molar-refractivity contribution in [3.8, 4) is 17.6 Å². The monoisotopic (exact) mass is 410 g/mol. The molecule has 28 heavy (non-hydrogen) atoms. The van der Waals surface area contributed by atoms with Crippen molar-refractivity contribution in [3.63, 3.8) is 0 Å². The van der Waals surface area contributed by atoms with Crippen LogP contribution in [0, 0.1) is 11.3 Å². The van der Waals surface area contributed by atoms with Crippen LogP contribution in [0.25, 0.3) is 15.8 Å². The number of rotatable bonds is 4. The van der Waals surface area contributed by atoms with Crippen LogP contribution in [0.15, 0.2) is 53.1 Å². The fourth-order valence-electron chi connectivity index (χ4n) is 2.87. The summed E-state index contributed by atoms with van der Waals surface area (Å²) in [6, 6.07) is 15.6. The van der Waals surface area contributed by atoms with Gasteiger partial charge in [0, 0.05) is 11.3 Å². The van der Waals surface area contributed by atoms with Crippen LogP contribution in [-0.2, 0) is 0 Å². The molecule has 0 bridgehead atoms. The minimum atomic E-state index is -0.314. The average Bonchev–Trinajstić information content (AvgIpc) is 2.99. The van der Waals surface area contributed by atoms with Crippen molar-refractivity contribution < 1.29 is 14.6 Å². The van der Waals surface area contributed by atoms with Gasteiger partial charge in [-0.25, -0.2) is 4.98 Å². The number of hydrogen-bond acceptors (Lipinski definition) is 7. The van der Waals surface area contributed by atoms with Crippen LogP contribution in [0.5, 0.6) is 11.5 Å². The van der Waals surface area contributed by atoms with E-state index < -0.39 is 0 Å². The molecule has 2 aromatic carbocycles. The van der Waals surface area contributed by atoms with Crippen LogP contribution in [-0.4, -0.2) is 28.6 Å². The van der Waals surface area contributed by atoms with Gasteiger partial charge in [0.2, 0.25) is 0 Å². The Bertz CT molecular complexity index is 1050. The molecule has 7 heteroatoms. The Morgan fingerprint density at radius 3 is 2.79 bits per heavy atom. The minimum absolute atomic E-state index is 0.0265. The number of hydrogen-bond donors (Lipinski definition) is 1. The second-order valence-corrected chi connectivity index (χ2v) is 8.72. The molecule has 1 unspecified atom stereocenters. The molecule has 1 N–H and O–H groups in total. The van der Waals surface area contributed by atoms with Gasteiger partial charge in [0.1, 0.15) is 22.4 Å². The summed E-state index contributed by atoms with van der Waals surface area (Å²) in [5.41, 5.74) is 1.04. The van der Waals surface area contributed by atoms with Crippen LogP contribution in [0.3, 0.4) is 0 Å². The van der Waals surface area contributed by atoms with Gasteiger partial charge in [-0.3, -0.25) is 0 Å². The van der Waals surface area contributed by atoms with Gasteiger partial charge in [-0.2, -0.15) is 5.26 Å². The maximum absolute atomic E-state index is 10.7. The van der Waals surface area contributed by atoms with E-state index in [1.165, 1.54) is 23.1 Å². The van der Waals surface area contributed by atoms with Gasteiger partial charge in [0.15, 0.2) is 11.5 Å². The van der Waals surface area contributed by atoms with Crippen LogP contribution < -0.4 is 9.47 Å². The zero-order valence-corrected chi connectivity index (χ0v) is 16.8. The molecule has 0 spiro atoms. The highest BCUT2D eigenvalue weighted by molar-refractivity contribution is 8.00. The summed E-state index contributed by atoms with van der Waals surface area (Å²) in [6.07, 6.45) is 0.852. The Hall–Kier alpha value is -2.69. The molecular formula is C21H18N2O3S2. The fourth-order valence-corrected chi connectivity index (χ4v) is 4.80. The van der Waals surface area contributed by atoms with Gasteiger partial charge < -0.3 is 14.6 Å². The van der Waals surface area contributed by atoms with Crippen molar-refractivity contribution in [1.29, 1.82) is 5.26 Å². The average molecular weight is 411 g/mol. The number of para-hydroxylation sites is 1. The molecule has 5 nitrogen and oxygen atoms in total. The first-order valence-corrected chi connectivity index (χ1v) is 10.6. The maximum Gasteiger partial charge on any atom is 0.162 e. The van der Waals surface area contributed by atoms with E-state index >= 15 is 0 Å². The van der Waals surface area contributed by atoms with Gasteiger partial charge in [-0.05, 0) is 37.3 Å². The summed E-state index contributed by atoms with van der Waals surface area (Å²) in [6.45, 7) is 3.14. The van der Waals surface area contributed by atoms with E-state index in [9.17, 15) is 10.4 Å². The SMILES string of the molecule is CC(Sc1ccc2c(c1)OCCCO2)/C(O)=C(\C#N)c1nc2ccccc2s1. The van der Waals surface area contributed by atoms with Gasteiger partial charge in [-0.1, -0.05) is 12.1 Å². The molecule has 0 saturated carbocycles. The third-order valence-corrected chi connectivity index (χ3v) is 6.45. The van der Waals surface area contributed by atoms with Crippen molar-refractivity contribution in [3.05, 3.63) is 53.2 Å². The highest BCUT2D eigenvalue weighted by atomic mass is 32.2. The number of nitriles is 1. The Morgan fingerprint density at radius 2 is 2.00 bits per heavy atom. The Morgan fingerprint density at radius 1 is 1.21 bits per heavy atom. The summed E-state index contributed by atoms with van der Waals surface area (Å²) in [5.74, 6) is 1.48. The van der Waals surface area contributed by atoms with Crippen molar-refractivity contribution in [1.82, 2.24) is 4.98 Å². The highest BCUT2D eigenvalue weighted by Gasteiger charge is 2.20. The van der Waals surface area contributed by atoms with E-state index in [1.807, 2.05) is 49.4 Å². The lowest BCUT2D eigenvalue weighted by atomic mass is 10.2. The summed E-state index contributed by atoms with van der Waals surface area (Å²) in [5, 5.41) is 20.6. The third-order valence-electron chi connectivity index (χ3n) is 4.29. The summed E-state index contributed by atoms with van der Waals surface area (Å²) in [4.78, 5) is 5.43. The number of ether oxygens (including phenoxy) is 2. The lowest BCUT2D eigenvalue weighted by Crippen LogP contribution is -2.04. The first-order chi connectivity index (χ1) is 13.7. The van der Waals surface area contributed by atoms with Gasteiger partial charge >= 0.3 is 0 Å². The molecule has 3 aromatic rings. The number of aliphatic hydroxyl groups excluding tert-OH is 1. The van der Waals surface area contributed by atoms with E-state index in [0.717, 1.165) is 27.3 Å². The number of nitrogens with zero attached hydrogens (tertiary/aromatic N) is 2. The lowest BCUT2D eigenvalue weighted by Gasteiger charge is -2.14. The summed E-state index contributed by atoms with van der Waals surface area (Å²) in [7, 11) is 0. The van der Waals surface area contributed by atoms with E-state index in [-0.39, 0.29) is 16.6 Å². The highest BCUT2D eigenvalue weighted by Crippen LogP contribution is 2.38. The third kappa shape index (κ3) is 3.79. The zero-order chi connectivity index (χ0) is 19.5. The smallest absolute Gasteiger partial charge is 0.162 e. The number of aromatic nitrogens is 1. The number of thioether (sulfide) groups is 1. The quantitative estimate of drug-likeness (QED) is 0.351. The van der Waals surface area contributed by atoms with Crippen molar-refractivity contribution >= 4 is 38.9 Å². The maximum atomic E-state index is 10.7. The molecule has 1 atom stereocenters. The molecule has 2 heterocycles. The number of benzene rings is 2. The number of aliphatic hydroxyl groups is 1. The van der Waals surface area contributed by atoms with Gasteiger partial charge in [-0.15, -0.1) is 23.1 Å². The summed E-state index contributed by atoms with van der Waals surface area (Å²) >= 11 is 2.86. The molecule has 0 aliphatic carbocycles. The molecule has 1 aliphatic rings. The summed E-state index contributed by atoms with van der Waals surface area (Å²) < 4.78 is 12.4. The van der Waals surface area contributed by atoms with Crippen LogP contribution in [0.4, 0.5) is 0 Å². The van der Waals surface area contributed by atoms with Crippen LogP contribution in [0.2, 0.25) is 0 Å². The molecule has 4 rings (SSSR count). The molecule has 1 aliphatic heterocycles. The standard InChI is InChI=1S/C21H18N2O3S2/c1-13(27-14-7-8-17-18(11-14)26-10-4-9-25-17)20(24)15(12-22)21-23-16-5-2-3-6-19(16)28-21/h2-3,5-8,11,13,24H,4,9-10H2,1H3/b20-15-. The van der Waals surface area contributed by atoms with Crippen molar-refractivity contribution in [2.24, 2.45) is 0 Å². The molecule has 0 radical (unpaired) electrons. The number of thiazole rings is 1. The lowest BCUT2D eigenvalue weighted by molar-refractivity contribution is 0.297. The number of fused-ring (bicyclic) bond motifs is 2. The van der Waals surface area contributed by atoms with E-state index in [1.54, 1.807) is 0 Å². The molecule has 0 amide bonds. The van der Waals surface area contributed by atoms with Crippen molar-refractivity contribution in [2.75, 3.05) is 13.2 Å². The fraction of sp³-hybridized carbons (Fsp3) is 0.238. The van der Waals surface area contributed by atoms with E-state index in [4.69, 9.17) is 9.47 Å². The Kier molecular flexibility index (Phi) is 5.42. The van der Waals surface area contributed by atoms with Crippen molar-refractivity contribution in [2.45, 2.75) is 23.5 Å². The number of allylic oxidation sites excluding steroid dienone is 1. The second kappa shape index (κ2) is 8.13. The zero-order valence-electron chi connectivity index (χ0n) is 15.2. The molecule has 0 saturated heterocycles. The topological polar surface area (TPSA) is 75.4 Å². The second-order valence-electron chi connectivity index (χ2n) is 6.28. The van der Waals surface area contributed by atoms with Crippen LogP contribution in [0.1, 0.15) is 18.4 Å². The first kappa shape index (κ1) is 18.7. The molecule has 142 valence electrons. The predicted molar refractivity (Wildman–Crippen MR) is 112 cm³/mol. The largest absolute Gasteiger partial charge is 0.510 e. The Balaban J connectivity index is 1.60. The van der Waals surface area contributed by atoms with Gasteiger partial charge in [0.05, 0.1) is 28.7 Å². The molecule has 0 fully saturated rings. The predicted octanol–water partition coefficient (Wildman–Crippen LogP) is 5.43. The Labute approximate surface area is 171 Å². The van der Waals surface area contributed by atoms with E-state index in [0.29, 0.717) is 24.0 Å². The normalized spacial score (nSPS) is 15.4. The molecule has 1 aromatic heterocycles. The minimum Gasteiger partial charge on any atom is -0.510 e. The van der Waals surface area contributed by atoms with Crippen LogP contribution >= 0.6 is 23.1 Å². The first-order valence-electron chi connectivity index (χ1n) is 8.91. The molecular weight excluding hydrogens is 392 g/mol. The van der Waals surface area contributed by atoms with E-state index in [2.05, 4.69) is 11.1 Å².